The summed E-state index contributed by atoms with van der Waals surface area (Å²) in [7, 11) is 0. The predicted molar refractivity (Wildman–Crippen MR) is 87.4 cm³/mol. The average Bonchev–Trinajstić information content (AvgIpc) is 2.54. The SMILES string of the molecule is C[C@H](OC(=O)CNC(=O)c1ccc(Br)cc1)c1ccccc1. The molecule has 1 amide bonds. The van der Waals surface area contributed by atoms with Crippen molar-refractivity contribution in [3.63, 3.8) is 0 Å². The van der Waals surface area contributed by atoms with Gasteiger partial charge in [-0.25, -0.2) is 0 Å². The molecule has 0 aliphatic heterocycles. The highest BCUT2D eigenvalue weighted by atomic mass is 79.9. The van der Waals surface area contributed by atoms with E-state index < -0.39 is 5.97 Å². The van der Waals surface area contributed by atoms with Gasteiger partial charge in [0, 0.05) is 10.0 Å². The van der Waals surface area contributed by atoms with Gasteiger partial charge in [0.05, 0.1) is 0 Å². The van der Waals surface area contributed by atoms with Crippen LogP contribution in [0.3, 0.4) is 0 Å². The smallest absolute Gasteiger partial charge is 0.326 e. The summed E-state index contributed by atoms with van der Waals surface area (Å²) in [4.78, 5) is 23.7. The summed E-state index contributed by atoms with van der Waals surface area (Å²) < 4.78 is 6.17. The minimum Gasteiger partial charge on any atom is -0.456 e. The number of hydrogen-bond donors (Lipinski definition) is 1. The summed E-state index contributed by atoms with van der Waals surface area (Å²) >= 11 is 3.30. The van der Waals surface area contributed by atoms with E-state index in [0.717, 1.165) is 10.0 Å². The fraction of sp³-hybridized carbons (Fsp3) is 0.176. The van der Waals surface area contributed by atoms with E-state index >= 15 is 0 Å². The third-order valence-electron chi connectivity index (χ3n) is 3.08. The van der Waals surface area contributed by atoms with Crippen molar-refractivity contribution >= 4 is 27.8 Å². The third kappa shape index (κ3) is 4.70. The fourth-order valence-corrected chi connectivity index (χ4v) is 2.15. The van der Waals surface area contributed by atoms with E-state index in [2.05, 4.69) is 21.2 Å². The van der Waals surface area contributed by atoms with Crippen molar-refractivity contribution in [1.29, 1.82) is 0 Å². The summed E-state index contributed by atoms with van der Waals surface area (Å²) in [5.41, 5.74) is 1.40. The number of carbonyl (C=O) groups excluding carboxylic acids is 2. The first-order valence-electron chi connectivity index (χ1n) is 6.84. The van der Waals surface area contributed by atoms with Crippen LogP contribution in [0.4, 0.5) is 0 Å². The molecule has 4 nitrogen and oxygen atoms in total. The Morgan fingerprint density at radius 1 is 1.09 bits per heavy atom. The van der Waals surface area contributed by atoms with Crippen molar-refractivity contribution < 1.29 is 14.3 Å². The molecule has 1 N–H and O–H groups in total. The van der Waals surface area contributed by atoms with Crippen LogP contribution in [0.1, 0.15) is 28.9 Å². The quantitative estimate of drug-likeness (QED) is 0.829. The van der Waals surface area contributed by atoms with Crippen molar-refractivity contribution in [2.75, 3.05) is 6.54 Å². The van der Waals surface area contributed by atoms with Gasteiger partial charge in [0.25, 0.3) is 5.91 Å². The van der Waals surface area contributed by atoms with Crippen LogP contribution < -0.4 is 5.32 Å². The summed E-state index contributed by atoms with van der Waals surface area (Å²) in [6.45, 7) is 1.63. The second-order valence-electron chi connectivity index (χ2n) is 4.73. The predicted octanol–water partition coefficient (Wildman–Crippen LogP) is 3.48. The van der Waals surface area contributed by atoms with Crippen LogP contribution in [0.2, 0.25) is 0 Å². The molecule has 2 aromatic rings. The lowest BCUT2D eigenvalue weighted by Crippen LogP contribution is -2.31. The van der Waals surface area contributed by atoms with Gasteiger partial charge in [0.1, 0.15) is 12.6 Å². The molecule has 2 aromatic carbocycles. The molecule has 22 heavy (non-hydrogen) atoms. The monoisotopic (exact) mass is 361 g/mol. The lowest BCUT2D eigenvalue weighted by Gasteiger charge is -2.13. The van der Waals surface area contributed by atoms with E-state index in [4.69, 9.17) is 4.74 Å². The van der Waals surface area contributed by atoms with E-state index in [9.17, 15) is 9.59 Å². The maximum atomic E-state index is 11.9. The second kappa shape index (κ2) is 7.75. The van der Waals surface area contributed by atoms with E-state index in [1.807, 2.05) is 30.3 Å². The first-order valence-corrected chi connectivity index (χ1v) is 7.64. The number of nitrogens with one attached hydrogen (secondary N) is 1. The van der Waals surface area contributed by atoms with Gasteiger partial charge in [0.15, 0.2) is 0 Å². The van der Waals surface area contributed by atoms with E-state index in [-0.39, 0.29) is 18.6 Å². The molecule has 5 heteroatoms. The van der Waals surface area contributed by atoms with Gasteiger partial charge in [-0.3, -0.25) is 9.59 Å². The number of halogens is 1. The summed E-state index contributed by atoms with van der Waals surface area (Å²) in [5.74, 6) is -0.779. The lowest BCUT2D eigenvalue weighted by molar-refractivity contribution is -0.147. The van der Waals surface area contributed by atoms with E-state index in [1.54, 1.807) is 31.2 Å². The Morgan fingerprint density at radius 2 is 1.73 bits per heavy atom. The minimum absolute atomic E-state index is 0.161. The molecule has 0 aliphatic carbocycles. The van der Waals surface area contributed by atoms with Gasteiger partial charge in [-0.05, 0) is 36.8 Å². The maximum absolute atomic E-state index is 11.9. The Hall–Kier alpha value is -2.14. The molecule has 0 saturated heterocycles. The Bertz CT molecular complexity index is 641. The molecule has 0 bridgehead atoms. The van der Waals surface area contributed by atoms with Gasteiger partial charge in [-0.15, -0.1) is 0 Å². The van der Waals surface area contributed by atoms with Gasteiger partial charge in [-0.1, -0.05) is 46.3 Å². The Morgan fingerprint density at radius 3 is 2.36 bits per heavy atom. The molecular formula is C17H16BrNO3. The third-order valence-corrected chi connectivity index (χ3v) is 3.61. The first-order chi connectivity index (χ1) is 10.6. The van der Waals surface area contributed by atoms with Crippen LogP contribution in [0.5, 0.6) is 0 Å². The number of ether oxygens (including phenoxy) is 1. The highest BCUT2D eigenvalue weighted by molar-refractivity contribution is 9.10. The average molecular weight is 362 g/mol. The summed E-state index contributed by atoms with van der Waals surface area (Å²) in [6, 6.07) is 16.3. The molecule has 0 aromatic heterocycles. The van der Waals surface area contributed by atoms with Crippen molar-refractivity contribution in [2.24, 2.45) is 0 Å². The number of benzene rings is 2. The maximum Gasteiger partial charge on any atom is 0.326 e. The molecule has 0 spiro atoms. The van der Waals surface area contributed by atoms with Crippen molar-refractivity contribution in [3.05, 3.63) is 70.2 Å². The molecule has 0 radical (unpaired) electrons. The van der Waals surface area contributed by atoms with E-state index in [1.165, 1.54) is 0 Å². The number of esters is 1. The van der Waals surface area contributed by atoms with Gasteiger partial charge < -0.3 is 10.1 Å². The van der Waals surface area contributed by atoms with Crippen LogP contribution in [0.15, 0.2) is 59.1 Å². The zero-order valence-corrected chi connectivity index (χ0v) is 13.7. The van der Waals surface area contributed by atoms with Crippen molar-refractivity contribution in [3.8, 4) is 0 Å². The number of hydrogen-bond acceptors (Lipinski definition) is 3. The van der Waals surface area contributed by atoms with E-state index in [0.29, 0.717) is 5.56 Å². The van der Waals surface area contributed by atoms with Crippen LogP contribution >= 0.6 is 15.9 Å². The molecule has 0 unspecified atom stereocenters. The fourth-order valence-electron chi connectivity index (χ4n) is 1.89. The Kier molecular flexibility index (Phi) is 5.72. The van der Waals surface area contributed by atoms with Crippen LogP contribution in [0.25, 0.3) is 0 Å². The zero-order chi connectivity index (χ0) is 15.9. The standard InChI is InChI=1S/C17H16BrNO3/c1-12(13-5-3-2-4-6-13)22-16(20)11-19-17(21)14-7-9-15(18)10-8-14/h2-10,12H,11H2,1H3,(H,19,21)/t12-/m0/s1. The Balaban J connectivity index is 1.82. The van der Waals surface area contributed by atoms with Gasteiger partial charge in [-0.2, -0.15) is 0 Å². The topological polar surface area (TPSA) is 55.4 Å². The molecule has 1 atom stereocenters. The van der Waals surface area contributed by atoms with Crippen molar-refractivity contribution in [2.45, 2.75) is 13.0 Å². The van der Waals surface area contributed by atoms with Gasteiger partial charge >= 0.3 is 5.97 Å². The summed E-state index contributed by atoms with van der Waals surface area (Å²) in [6.07, 6.45) is -0.349. The van der Waals surface area contributed by atoms with Gasteiger partial charge in [0.2, 0.25) is 0 Å². The molecular weight excluding hydrogens is 346 g/mol. The highest BCUT2D eigenvalue weighted by Gasteiger charge is 2.13. The molecule has 0 fully saturated rings. The molecule has 2 rings (SSSR count). The normalized spacial score (nSPS) is 11.5. The molecule has 0 saturated carbocycles. The summed E-state index contributed by atoms with van der Waals surface area (Å²) in [5, 5.41) is 2.55. The highest BCUT2D eigenvalue weighted by Crippen LogP contribution is 2.15. The first kappa shape index (κ1) is 16.2. The van der Waals surface area contributed by atoms with Crippen LogP contribution in [0, 0.1) is 0 Å². The largest absolute Gasteiger partial charge is 0.456 e. The lowest BCUT2D eigenvalue weighted by atomic mass is 10.1. The minimum atomic E-state index is -0.471. The van der Waals surface area contributed by atoms with Crippen LogP contribution in [-0.2, 0) is 9.53 Å². The Labute approximate surface area is 137 Å². The van der Waals surface area contributed by atoms with Crippen LogP contribution in [-0.4, -0.2) is 18.4 Å². The number of carbonyl (C=O) groups is 2. The van der Waals surface area contributed by atoms with Crippen molar-refractivity contribution in [1.82, 2.24) is 5.32 Å². The second-order valence-corrected chi connectivity index (χ2v) is 5.65. The molecule has 0 heterocycles. The molecule has 0 aliphatic rings. The molecule has 114 valence electrons. The number of rotatable bonds is 5. The number of amides is 1. The zero-order valence-electron chi connectivity index (χ0n) is 12.1.